The van der Waals surface area contributed by atoms with Crippen LogP contribution in [0.1, 0.15) is 25.0 Å². The first kappa shape index (κ1) is 11.0. The van der Waals surface area contributed by atoms with E-state index in [1.165, 1.54) is 5.56 Å². The Morgan fingerprint density at radius 3 is 2.25 bits per heavy atom. The Kier molecular flexibility index (Phi) is 5.09. The van der Waals surface area contributed by atoms with Gasteiger partial charge in [-0.15, -0.1) is 0 Å². The highest BCUT2D eigenvalue weighted by Gasteiger charge is 1.96. The lowest BCUT2D eigenvalue weighted by Gasteiger charge is -2.01. The molecule has 0 aliphatic rings. The number of nitrogens with zero attached hydrogens (tertiary/aromatic N) is 1. The van der Waals surface area contributed by atoms with Crippen molar-refractivity contribution in [1.82, 2.24) is 4.98 Å². The molecule has 0 amide bonds. The molecule has 0 saturated carbocycles. The Balaban J connectivity index is 0.000000561. The average Bonchev–Trinajstić information content (AvgIpc) is 2.08. The normalized spacial score (nSPS) is 8.42. The van der Waals surface area contributed by atoms with Gasteiger partial charge in [0.25, 0.3) is 0 Å². The van der Waals surface area contributed by atoms with Crippen LogP contribution in [0.25, 0.3) is 0 Å². The zero-order valence-corrected chi connectivity index (χ0v) is 8.51. The second-order valence-electron chi connectivity index (χ2n) is 2.34. The molecule has 0 radical (unpaired) electrons. The summed E-state index contributed by atoms with van der Waals surface area (Å²) in [6.45, 7) is 8.00. The van der Waals surface area contributed by atoms with E-state index in [0.717, 1.165) is 5.56 Å². The number of aryl methyl sites for hydroxylation is 2. The molecule has 0 spiro atoms. The summed E-state index contributed by atoms with van der Waals surface area (Å²) in [5, 5.41) is 0. The number of methoxy groups -OCH3 is 1. The molecule has 0 fully saturated rings. The fourth-order valence-corrected chi connectivity index (χ4v) is 0.916. The van der Waals surface area contributed by atoms with E-state index < -0.39 is 0 Å². The summed E-state index contributed by atoms with van der Waals surface area (Å²) >= 11 is 0. The van der Waals surface area contributed by atoms with E-state index in [-0.39, 0.29) is 0 Å². The van der Waals surface area contributed by atoms with Crippen LogP contribution >= 0.6 is 0 Å². The predicted octanol–water partition coefficient (Wildman–Crippen LogP) is 2.73. The highest BCUT2D eigenvalue weighted by atomic mass is 16.5. The molecule has 1 aromatic rings. The van der Waals surface area contributed by atoms with E-state index >= 15 is 0 Å². The monoisotopic (exact) mass is 167 g/mol. The topological polar surface area (TPSA) is 22.1 Å². The molecule has 68 valence electrons. The first-order chi connectivity index (χ1) is 5.74. The van der Waals surface area contributed by atoms with Crippen LogP contribution in [0.5, 0.6) is 5.88 Å². The van der Waals surface area contributed by atoms with Crippen molar-refractivity contribution in [1.29, 1.82) is 0 Å². The lowest BCUT2D eigenvalue weighted by molar-refractivity contribution is 0.394. The SMILES string of the molecule is CC.COc1ncc(C)cc1C. The van der Waals surface area contributed by atoms with Gasteiger partial charge in [-0.25, -0.2) is 4.98 Å². The third-order valence-corrected chi connectivity index (χ3v) is 1.36. The summed E-state index contributed by atoms with van der Waals surface area (Å²) in [5.41, 5.74) is 2.25. The van der Waals surface area contributed by atoms with Gasteiger partial charge in [-0.3, -0.25) is 0 Å². The molecule has 1 heterocycles. The fraction of sp³-hybridized carbons (Fsp3) is 0.500. The van der Waals surface area contributed by atoms with Crippen molar-refractivity contribution in [2.24, 2.45) is 0 Å². The Morgan fingerprint density at radius 1 is 1.25 bits per heavy atom. The van der Waals surface area contributed by atoms with Gasteiger partial charge in [-0.05, 0) is 25.5 Å². The molecule has 2 nitrogen and oxygen atoms in total. The van der Waals surface area contributed by atoms with Crippen LogP contribution in [0.3, 0.4) is 0 Å². The van der Waals surface area contributed by atoms with Gasteiger partial charge in [0, 0.05) is 11.8 Å². The third kappa shape index (κ3) is 2.91. The zero-order chi connectivity index (χ0) is 9.56. The maximum atomic E-state index is 4.99. The molecule has 0 atom stereocenters. The highest BCUT2D eigenvalue weighted by molar-refractivity contribution is 5.27. The second-order valence-corrected chi connectivity index (χ2v) is 2.34. The van der Waals surface area contributed by atoms with Crippen LogP contribution in [-0.4, -0.2) is 12.1 Å². The molecule has 0 saturated heterocycles. The van der Waals surface area contributed by atoms with Gasteiger partial charge in [-0.2, -0.15) is 0 Å². The molecule has 12 heavy (non-hydrogen) atoms. The van der Waals surface area contributed by atoms with Gasteiger partial charge >= 0.3 is 0 Å². The minimum atomic E-state index is 0.714. The molecular weight excluding hydrogens is 150 g/mol. The fourth-order valence-electron chi connectivity index (χ4n) is 0.916. The van der Waals surface area contributed by atoms with Crippen molar-refractivity contribution in [2.75, 3.05) is 7.11 Å². The number of rotatable bonds is 1. The maximum Gasteiger partial charge on any atom is 0.215 e. The maximum absolute atomic E-state index is 4.99. The van der Waals surface area contributed by atoms with Crippen LogP contribution in [-0.2, 0) is 0 Å². The van der Waals surface area contributed by atoms with Gasteiger partial charge in [0.15, 0.2) is 0 Å². The van der Waals surface area contributed by atoms with Crippen LogP contribution in [0.4, 0.5) is 0 Å². The summed E-state index contributed by atoms with van der Waals surface area (Å²) in [6, 6.07) is 2.05. The summed E-state index contributed by atoms with van der Waals surface area (Å²) in [5.74, 6) is 0.714. The molecule has 1 rings (SSSR count). The molecule has 0 bridgehead atoms. The van der Waals surface area contributed by atoms with Crippen LogP contribution in [0, 0.1) is 13.8 Å². The first-order valence-electron chi connectivity index (χ1n) is 4.21. The van der Waals surface area contributed by atoms with Crippen molar-refractivity contribution in [2.45, 2.75) is 27.7 Å². The first-order valence-corrected chi connectivity index (χ1v) is 4.21. The van der Waals surface area contributed by atoms with Gasteiger partial charge in [0.1, 0.15) is 0 Å². The van der Waals surface area contributed by atoms with Crippen LogP contribution in [0.2, 0.25) is 0 Å². The third-order valence-electron chi connectivity index (χ3n) is 1.36. The quantitative estimate of drug-likeness (QED) is 0.641. The Bertz CT molecular complexity index is 233. The molecule has 0 aliphatic carbocycles. The molecule has 0 unspecified atom stereocenters. The summed E-state index contributed by atoms with van der Waals surface area (Å²) in [6.07, 6.45) is 1.80. The summed E-state index contributed by atoms with van der Waals surface area (Å²) < 4.78 is 4.99. The number of hydrogen-bond acceptors (Lipinski definition) is 2. The van der Waals surface area contributed by atoms with E-state index in [9.17, 15) is 0 Å². The van der Waals surface area contributed by atoms with Crippen molar-refractivity contribution in [3.8, 4) is 5.88 Å². The Morgan fingerprint density at radius 2 is 1.83 bits per heavy atom. The molecule has 1 aromatic heterocycles. The Hall–Kier alpha value is -1.05. The lowest BCUT2D eigenvalue weighted by atomic mass is 10.2. The molecule has 0 aliphatic heterocycles. The zero-order valence-electron chi connectivity index (χ0n) is 8.51. The number of pyridine rings is 1. The largest absolute Gasteiger partial charge is 0.481 e. The van der Waals surface area contributed by atoms with Crippen molar-refractivity contribution >= 4 is 0 Å². The number of aromatic nitrogens is 1. The summed E-state index contributed by atoms with van der Waals surface area (Å²) in [4.78, 5) is 4.07. The van der Waals surface area contributed by atoms with Crippen LogP contribution < -0.4 is 4.74 Å². The number of hydrogen-bond donors (Lipinski definition) is 0. The minimum Gasteiger partial charge on any atom is -0.481 e. The molecule has 0 aromatic carbocycles. The van der Waals surface area contributed by atoms with Crippen LogP contribution in [0.15, 0.2) is 12.3 Å². The van der Waals surface area contributed by atoms with E-state index in [0.29, 0.717) is 5.88 Å². The van der Waals surface area contributed by atoms with Gasteiger partial charge in [-0.1, -0.05) is 13.8 Å². The predicted molar refractivity (Wildman–Crippen MR) is 51.6 cm³/mol. The van der Waals surface area contributed by atoms with E-state index in [2.05, 4.69) is 4.98 Å². The number of ether oxygens (including phenoxy) is 1. The van der Waals surface area contributed by atoms with Gasteiger partial charge in [0.05, 0.1) is 7.11 Å². The van der Waals surface area contributed by atoms with Crippen molar-refractivity contribution in [3.63, 3.8) is 0 Å². The smallest absolute Gasteiger partial charge is 0.215 e. The van der Waals surface area contributed by atoms with Gasteiger partial charge < -0.3 is 4.74 Å². The second kappa shape index (κ2) is 5.58. The van der Waals surface area contributed by atoms with E-state index in [1.54, 1.807) is 13.3 Å². The average molecular weight is 167 g/mol. The standard InChI is InChI=1S/C8H11NO.C2H6/c1-6-4-7(2)8(10-3)9-5-6;1-2/h4-5H,1-3H3;1-2H3. The lowest BCUT2D eigenvalue weighted by Crippen LogP contribution is -1.90. The van der Waals surface area contributed by atoms with Gasteiger partial charge in [0.2, 0.25) is 5.88 Å². The summed E-state index contributed by atoms with van der Waals surface area (Å²) in [7, 11) is 1.63. The Labute approximate surface area is 74.6 Å². The molecule has 2 heteroatoms. The van der Waals surface area contributed by atoms with Crippen molar-refractivity contribution in [3.05, 3.63) is 23.4 Å². The highest BCUT2D eigenvalue weighted by Crippen LogP contribution is 2.13. The molecule has 0 N–H and O–H groups in total. The van der Waals surface area contributed by atoms with Crippen molar-refractivity contribution < 1.29 is 4.74 Å². The molecular formula is C10H17NO. The van der Waals surface area contributed by atoms with E-state index in [4.69, 9.17) is 4.74 Å². The minimum absolute atomic E-state index is 0.714. The van der Waals surface area contributed by atoms with E-state index in [1.807, 2.05) is 33.8 Å².